The highest BCUT2D eigenvalue weighted by Gasteiger charge is 2.33. The second kappa shape index (κ2) is 9.36. The van der Waals surface area contributed by atoms with Crippen LogP contribution in [-0.2, 0) is 12.1 Å². The van der Waals surface area contributed by atoms with Crippen LogP contribution in [0, 0.1) is 19.7 Å². The zero-order valence-corrected chi connectivity index (χ0v) is 20.0. The van der Waals surface area contributed by atoms with Crippen molar-refractivity contribution in [2.75, 3.05) is 11.1 Å². The number of hydrogen-bond acceptors (Lipinski definition) is 8. The third-order valence-corrected chi connectivity index (χ3v) is 5.75. The lowest BCUT2D eigenvalue weighted by atomic mass is 10.0. The maximum atomic E-state index is 13.8. The summed E-state index contributed by atoms with van der Waals surface area (Å²) in [5, 5.41) is 42.7. The molecule has 2 aromatic carbocycles. The van der Waals surface area contributed by atoms with Crippen LogP contribution in [0.25, 0.3) is 16.8 Å². The summed E-state index contributed by atoms with van der Waals surface area (Å²) < 4.78 is 54.1. The highest BCUT2D eigenvalue weighted by Crippen LogP contribution is 2.35. The van der Waals surface area contributed by atoms with Crippen LogP contribution in [0.3, 0.4) is 0 Å². The maximum absolute atomic E-state index is 13.8. The van der Waals surface area contributed by atoms with Crippen molar-refractivity contribution in [1.29, 1.82) is 0 Å². The third kappa shape index (κ3) is 5.17. The Morgan fingerprint density at radius 3 is 2.37 bits per heavy atom. The first kappa shape index (κ1) is 27.0. The van der Waals surface area contributed by atoms with Crippen molar-refractivity contribution in [3.05, 3.63) is 88.9 Å². The van der Waals surface area contributed by atoms with Gasteiger partial charge in [-0.15, -0.1) is 0 Å². The quantitative estimate of drug-likeness (QED) is 0.163. The molecule has 0 radical (unpaired) electrons. The van der Waals surface area contributed by atoms with E-state index in [0.29, 0.717) is 34.6 Å². The number of rotatable bonds is 6. The van der Waals surface area contributed by atoms with E-state index in [0.717, 1.165) is 6.07 Å². The summed E-state index contributed by atoms with van der Waals surface area (Å²) in [4.78, 5) is 8.34. The number of imidazole rings is 1. The number of anilines is 2. The zero-order chi connectivity index (χ0) is 28.2. The summed E-state index contributed by atoms with van der Waals surface area (Å²) in [7, 11) is 0. The predicted molar refractivity (Wildman–Crippen MR) is 130 cm³/mol. The fourth-order valence-electron chi connectivity index (χ4n) is 4.08. The summed E-state index contributed by atoms with van der Waals surface area (Å²) in [6.07, 6.45) is -5.04. The molecule has 1 unspecified atom stereocenters. The number of hydrogen-bond donors (Lipinski definition) is 6. The lowest BCUT2D eigenvalue weighted by molar-refractivity contribution is -0.329. The second-order valence-corrected chi connectivity index (χ2v) is 8.76. The van der Waals surface area contributed by atoms with Gasteiger partial charge >= 0.3 is 12.1 Å². The van der Waals surface area contributed by atoms with E-state index in [4.69, 9.17) is 5.73 Å². The molecular weight excluding hydrogens is 510 g/mol. The van der Waals surface area contributed by atoms with Crippen molar-refractivity contribution in [3.8, 4) is 11.3 Å². The Labute approximate surface area is 213 Å². The van der Waals surface area contributed by atoms with Crippen molar-refractivity contribution >= 4 is 17.0 Å². The summed E-state index contributed by atoms with van der Waals surface area (Å²) in [6, 6.07) is 6.48. The van der Waals surface area contributed by atoms with E-state index in [-0.39, 0.29) is 28.3 Å². The Kier molecular flexibility index (Phi) is 6.66. The highest BCUT2D eigenvalue weighted by atomic mass is 19.4. The fraction of sp³-hybridized carbons (Fsp3) is 0.200. The molecule has 0 saturated heterocycles. The number of nitrogens with two attached hydrogens (primary N) is 1. The molecule has 0 amide bonds. The molecule has 7 N–H and O–H groups in total. The molecule has 4 aromatic rings. The number of aryl methyl sites for hydroxylation is 2. The van der Waals surface area contributed by atoms with E-state index < -0.39 is 35.5 Å². The van der Waals surface area contributed by atoms with Crippen LogP contribution < -0.4 is 11.1 Å². The molecule has 0 saturated carbocycles. The number of benzene rings is 2. The molecule has 0 bridgehead atoms. The number of aromatic nitrogens is 3. The van der Waals surface area contributed by atoms with Crippen LogP contribution in [0.1, 0.15) is 34.3 Å². The topological polar surface area (TPSA) is 149 Å². The first-order valence-corrected chi connectivity index (χ1v) is 11.0. The minimum atomic E-state index is -4.80. The number of aliphatic hydroxyl groups excluding tert-OH is 1. The summed E-state index contributed by atoms with van der Waals surface area (Å²) in [5.41, 5.74) is 6.65. The van der Waals surface area contributed by atoms with E-state index in [1.54, 1.807) is 32.0 Å². The van der Waals surface area contributed by atoms with Crippen LogP contribution in [0.5, 0.6) is 0 Å². The number of nitrogens with zero attached hydrogens (tertiary/aromatic N) is 3. The molecule has 9 nitrogen and oxygen atoms in total. The first-order valence-electron chi connectivity index (χ1n) is 11.0. The van der Waals surface area contributed by atoms with Crippen LogP contribution in [0.15, 0.2) is 54.9 Å². The summed E-state index contributed by atoms with van der Waals surface area (Å²) >= 11 is 0. The normalized spacial score (nSPS) is 13.1. The van der Waals surface area contributed by atoms with E-state index in [9.17, 15) is 38.0 Å². The molecule has 4 rings (SSSR count). The minimum Gasteiger partial charge on any atom is -0.382 e. The molecule has 0 aliphatic rings. The number of halogens is 4. The Balaban J connectivity index is 1.67. The monoisotopic (exact) mass is 533 g/mol. The molecular formula is C25H23F4N5O4. The Morgan fingerprint density at radius 2 is 1.76 bits per heavy atom. The fourth-order valence-corrected chi connectivity index (χ4v) is 4.08. The molecule has 0 spiro atoms. The van der Waals surface area contributed by atoms with Gasteiger partial charge in [-0.1, -0.05) is 12.6 Å². The smallest absolute Gasteiger partial charge is 0.382 e. The van der Waals surface area contributed by atoms with Crippen LogP contribution >= 0.6 is 0 Å². The first-order chi connectivity index (χ1) is 17.6. The Morgan fingerprint density at radius 1 is 1.08 bits per heavy atom. The molecule has 0 aliphatic carbocycles. The van der Waals surface area contributed by atoms with Crippen LogP contribution in [0.2, 0.25) is 0 Å². The minimum absolute atomic E-state index is 0.0226. The van der Waals surface area contributed by atoms with Crippen molar-refractivity contribution in [1.82, 2.24) is 14.4 Å². The highest BCUT2D eigenvalue weighted by molar-refractivity contribution is 5.87. The van der Waals surface area contributed by atoms with Gasteiger partial charge in [0.05, 0.1) is 11.3 Å². The van der Waals surface area contributed by atoms with Gasteiger partial charge in [0.15, 0.2) is 0 Å². The summed E-state index contributed by atoms with van der Waals surface area (Å²) in [5.74, 6) is -4.91. The molecule has 2 heterocycles. The van der Waals surface area contributed by atoms with Gasteiger partial charge in [0.1, 0.15) is 28.9 Å². The molecule has 2 aromatic heterocycles. The lowest BCUT2D eigenvalue weighted by Gasteiger charge is -2.18. The van der Waals surface area contributed by atoms with Gasteiger partial charge < -0.3 is 31.5 Å². The van der Waals surface area contributed by atoms with Gasteiger partial charge in [0.25, 0.3) is 0 Å². The maximum Gasteiger partial charge on any atom is 0.416 e. The average Bonchev–Trinajstić information content (AvgIpc) is 3.17. The number of nitrogens with one attached hydrogen (secondary N) is 1. The van der Waals surface area contributed by atoms with E-state index in [1.165, 1.54) is 10.6 Å². The van der Waals surface area contributed by atoms with Crippen molar-refractivity contribution in [2.45, 2.75) is 32.1 Å². The second-order valence-electron chi connectivity index (χ2n) is 8.76. The van der Waals surface area contributed by atoms with Gasteiger partial charge in [0.2, 0.25) is 5.82 Å². The lowest BCUT2D eigenvalue weighted by Crippen LogP contribution is -2.27. The molecule has 0 fully saturated rings. The van der Waals surface area contributed by atoms with Gasteiger partial charge in [0, 0.05) is 23.1 Å². The SMILES string of the molecule is C=C(Nc1ccc(-c2nc(C(O)(O)O)n3cc(C)nc(N)c23)c(C)c1)C(O)c1cc(F)cc(C(F)(F)F)c1. The molecule has 38 heavy (non-hydrogen) atoms. The van der Waals surface area contributed by atoms with E-state index in [2.05, 4.69) is 21.9 Å². The number of nitrogen functional groups attached to an aromatic ring is 1. The standard InChI is InChI=1S/C25H23F4N5O4/c1-11-6-17(32-13(3)21(35)14-7-15(24(27,28)29)9-16(26)8-14)4-5-18(11)19-20-22(30)31-12(2)10-34(20)23(33-19)25(36,37)38/h4-10,21,32,35-38H,3H2,1-2H3,(H2,30,31). The van der Waals surface area contributed by atoms with Crippen molar-refractivity contribution in [2.24, 2.45) is 0 Å². The summed E-state index contributed by atoms with van der Waals surface area (Å²) in [6.45, 7) is 6.97. The molecule has 200 valence electrons. The van der Waals surface area contributed by atoms with Gasteiger partial charge in [-0.05, 0) is 55.3 Å². The van der Waals surface area contributed by atoms with E-state index >= 15 is 0 Å². The molecule has 0 aliphatic heterocycles. The van der Waals surface area contributed by atoms with Gasteiger partial charge in [-0.2, -0.15) is 13.2 Å². The van der Waals surface area contributed by atoms with E-state index in [1.807, 2.05) is 0 Å². The molecule has 1 atom stereocenters. The van der Waals surface area contributed by atoms with Crippen LogP contribution in [0.4, 0.5) is 29.1 Å². The van der Waals surface area contributed by atoms with Gasteiger partial charge in [-0.3, -0.25) is 4.40 Å². The number of fused-ring (bicyclic) bond motifs is 1. The average molecular weight is 533 g/mol. The third-order valence-electron chi connectivity index (χ3n) is 5.75. The Hall–Kier alpha value is -4.04. The van der Waals surface area contributed by atoms with Gasteiger partial charge in [-0.25, -0.2) is 14.4 Å². The van der Waals surface area contributed by atoms with Crippen molar-refractivity contribution in [3.63, 3.8) is 0 Å². The van der Waals surface area contributed by atoms with Crippen molar-refractivity contribution < 1.29 is 38.0 Å². The zero-order valence-electron chi connectivity index (χ0n) is 20.0. The molecule has 13 heteroatoms. The Bertz CT molecular complexity index is 1560. The largest absolute Gasteiger partial charge is 0.416 e. The van der Waals surface area contributed by atoms with Crippen LogP contribution in [-0.4, -0.2) is 34.8 Å². The number of aliphatic hydroxyl groups is 4. The predicted octanol–water partition coefficient (Wildman–Crippen LogP) is 3.50. The number of alkyl halides is 3.